The van der Waals surface area contributed by atoms with Crippen molar-refractivity contribution in [2.24, 2.45) is 0 Å². The summed E-state index contributed by atoms with van der Waals surface area (Å²) in [5.41, 5.74) is 0. The fourth-order valence-corrected chi connectivity index (χ4v) is 1.47. The van der Waals surface area contributed by atoms with Gasteiger partial charge in [-0.1, -0.05) is 0 Å². The number of nitrogens with one attached hydrogen (secondary N) is 2. The Hall–Kier alpha value is -1.31. The summed E-state index contributed by atoms with van der Waals surface area (Å²) in [5.74, 6) is 0.648. The van der Waals surface area contributed by atoms with Crippen molar-refractivity contribution in [3.8, 4) is 0 Å². The first-order valence-corrected chi connectivity index (χ1v) is 4.85. The number of alkyl halides is 3. The summed E-state index contributed by atoms with van der Waals surface area (Å²) in [5, 5.41) is 8.38. The van der Waals surface area contributed by atoms with Crippen LogP contribution in [0.5, 0.6) is 0 Å². The Morgan fingerprint density at radius 1 is 1.50 bits per heavy atom. The molecule has 0 aliphatic carbocycles. The first-order chi connectivity index (χ1) is 7.54. The van der Waals surface area contributed by atoms with Gasteiger partial charge in [0.25, 0.3) is 0 Å². The number of hydrogen-bond acceptors (Lipinski definition) is 4. The fourth-order valence-electron chi connectivity index (χ4n) is 1.47. The lowest BCUT2D eigenvalue weighted by Gasteiger charge is -2.05. The van der Waals surface area contributed by atoms with Crippen molar-refractivity contribution in [3.05, 3.63) is 5.82 Å². The van der Waals surface area contributed by atoms with E-state index in [0.29, 0.717) is 19.0 Å². The number of rotatable bonds is 3. The number of H-pyrrole nitrogens is 1. The summed E-state index contributed by atoms with van der Waals surface area (Å²) < 4.78 is 40.8. The van der Waals surface area contributed by atoms with Gasteiger partial charge in [-0.05, 0) is 6.42 Å². The van der Waals surface area contributed by atoms with Crippen LogP contribution in [-0.4, -0.2) is 41.1 Å². The molecule has 0 bridgehead atoms. The van der Waals surface area contributed by atoms with Gasteiger partial charge in [0.2, 0.25) is 5.95 Å². The second-order valence-electron chi connectivity index (χ2n) is 3.57. The highest BCUT2D eigenvalue weighted by Gasteiger charge is 2.28. The second-order valence-corrected chi connectivity index (χ2v) is 3.57. The van der Waals surface area contributed by atoms with E-state index in [0.717, 1.165) is 6.42 Å². The van der Waals surface area contributed by atoms with E-state index in [-0.39, 0.29) is 11.9 Å². The van der Waals surface area contributed by atoms with E-state index >= 15 is 0 Å². The average Bonchev–Trinajstić information content (AvgIpc) is 2.84. The van der Waals surface area contributed by atoms with Crippen LogP contribution in [-0.2, 0) is 4.74 Å². The number of halogens is 3. The number of ether oxygens (including phenoxy) is 1. The molecule has 1 aliphatic heterocycles. The lowest BCUT2D eigenvalue weighted by atomic mass is 10.1. The third-order valence-corrected chi connectivity index (χ3v) is 2.27. The number of aromatic amines is 1. The number of hydrogen-bond donors (Lipinski definition) is 2. The van der Waals surface area contributed by atoms with Crippen molar-refractivity contribution in [2.45, 2.75) is 18.5 Å². The van der Waals surface area contributed by atoms with Crippen LogP contribution in [0.15, 0.2) is 0 Å². The predicted octanol–water partition coefficient (Wildman–Crippen LogP) is 1.28. The molecule has 2 rings (SSSR count). The maximum absolute atomic E-state index is 11.9. The minimum absolute atomic E-state index is 0.0285. The molecule has 1 aromatic heterocycles. The monoisotopic (exact) mass is 236 g/mol. The van der Waals surface area contributed by atoms with Crippen molar-refractivity contribution in [1.29, 1.82) is 0 Å². The molecule has 0 radical (unpaired) electrons. The molecule has 16 heavy (non-hydrogen) atoms. The zero-order valence-electron chi connectivity index (χ0n) is 8.34. The highest BCUT2D eigenvalue weighted by Crippen LogP contribution is 2.22. The van der Waals surface area contributed by atoms with Gasteiger partial charge in [0, 0.05) is 12.5 Å². The molecular formula is C8H11F3N4O. The van der Waals surface area contributed by atoms with Crippen molar-refractivity contribution in [2.75, 3.05) is 25.1 Å². The molecule has 1 atom stereocenters. The summed E-state index contributed by atoms with van der Waals surface area (Å²) in [6.07, 6.45) is -3.45. The summed E-state index contributed by atoms with van der Waals surface area (Å²) in [7, 11) is 0. The van der Waals surface area contributed by atoms with Gasteiger partial charge >= 0.3 is 6.18 Å². The van der Waals surface area contributed by atoms with E-state index in [4.69, 9.17) is 4.74 Å². The topological polar surface area (TPSA) is 62.8 Å². The van der Waals surface area contributed by atoms with Gasteiger partial charge < -0.3 is 10.1 Å². The van der Waals surface area contributed by atoms with E-state index in [1.165, 1.54) is 0 Å². The molecule has 1 unspecified atom stereocenters. The minimum atomic E-state index is -4.27. The molecule has 90 valence electrons. The number of anilines is 1. The summed E-state index contributed by atoms with van der Waals surface area (Å²) >= 11 is 0. The van der Waals surface area contributed by atoms with Gasteiger partial charge in [0.05, 0.1) is 6.61 Å². The standard InChI is InChI=1S/C8H11F3N4O/c9-8(10,11)4-12-7-13-6(14-15-7)5-1-2-16-3-5/h5H,1-4H2,(H2,12,13,14,15). The zero-order chi connectivity index (χ0) is 11.6. The fraction of sp³-hybridized carbons (Fsp3) is 0.750. The highest BCUT2D eigenvalue weighted by molar-refractivity contribution is 5.23. The third kappa shape index (κ3) is 2.84. The van der Waals surface area contributed by atoms with E-state index in [1.807, 2.05) is 0 Å². The molecule has 0 amide bonds. The molecule has 2 heterocycles. The van der Waals surface area contributed by atoms with Crippen molar-refractivity contribution >= 4 is 5.95 Å². The Bertz CT molecular complexity index is 345. The predicted molar refractivity (Wildman–Crippen MR) is 49.1 cm³/mol. The lowest BCUT2D eigenvalue weighted by Crippen LogP contribution is -2.21. The van der Waals surface area contributed by atoms with Crippen LogP contribution in [0.2, 0.25) is 0 Å². The Labute approximate surface area is 89.4 Å². The van der Waals surface area contributed by atoms with Gasteiger partial charge in [-0.3, -0.25) is 5.10 Å². The molecule has 1 fully saturated rings. The van der Waals surface area contributed by atoms with Crippen LogP contribution in [0.3, 0.4) is 0 Å². The molecule has 2 N–H and O–H groups in total. The smallest absolute Gasteiger partial charge is 0.381 e. The van der Waals surface area contributed by atoms with E-state index in [1.54, 1.807) is 0 Å². The SMILES string of the molecule is FC(F)(F)CNc1n[nH]c(C2CCOC2)n1. The molecule has 1 aliphatic rings. The minimum Gasteiger partial charge on any atom is -0.381 e. The Kier molecular flexibility index (Phi) is 2.99. The second kappa shape index (κ2) is 4.28. The Morgan fingerprint density at radius 2 is 2.31 bits per heavy atom. The van der Waals surface area contributed by atoms with Crippen molar-refractivity contribution < 1.29 is 17.9 Å². The zero-order valence-corrected chi connectivity index (χ0v) is 8.34. The Morgan fingerprint density at radius 3 is 2.94 bits per heavy atom. The van der Waals surface area contributed by atoms with E-state index in [9.17, 15) is 13.2 Å². The van der Waals surface area contributed by atoms with Crippen molar-refractivity contribution in [3.63, 3.8) is 0 Å². The first kappa shape index (κ1) is 11.2. The van der Waals surface area contributed by atoms with Gasteiger partial charge in [0.1, 0.15) is 12.4 Å². The number of nitrogens with zero attached hydrogens (tertiary/aromatic N) is 2. The van der Waals surface area contributed by atoms with Gasteiger partial charge in [-0.15, -0.1) is 5.10 Å². The van der Waals surface area contributed by atoms with Crippen molar-refractivity contribution in [1.82, 2.24) is 15.2 Å². The summed E-state index contributed by atoms with van der Waals surface area (Å²) in [6, 6.07) is 0. The van der Waals surface area contributed by atoms with Gasteiger partial charge in [-0.25, -0.2) is 0 Å². The van der Waals surface area contributed by atoms with Crippen LogP contribution in [0.4, 0.5) is 19.1 Å². The van der Waals surface area contributed by atoms with E-state index < -0.39 is 12.7 Å². The molecule has 0 saturated carbocycles. The highest BCUT2D eigenvalue weighted by atomic mass is 19.4. The van der Waals surface area contributed by atoms with E-state index in [2.05, 4.69) is 20.5 Å². The van der Waals surface area contributed by atoms with Crippen LogP contribution in [0, 0.1) is 0 Å². The molecule has 0 spiro atoms. The maximum atomic E-state index is 11.9. The Balaban J connectivity index is 1.91. The van der Waals surface area contributed by atoms with Crippen LogP contribution < -0.4 is 5.32 Å². The van der Waals surface area contributed by atoms with Gasteiger partial charge in [-0.2, -0.15) is 18.2 Å². The average molecular weight is 236 g/mol. The molecule has 1 saturated heterocycles. The largest absolute Gasteiger partial charge is 0.405 e. The molecule has 5 nitrogen and oxygen atoms in total. The van der Waals surface area contributed by atoms with Gasteiger partial charge in [0.15, 0.2) is 0 Å². The summed E-state index contributed by atoms with van der Waals surface area (Å²) in [6.45, 7) is 0.0516. The lowest BCUT2D eigenvalue weighted by molar-refractivity contribution is -0.115. The quantitative estimate of drug-likeness (QED) is 0.829. The normalized spacial score (nSPS) is 21.3. The third-order valence-electron chi connectivity index (χ3n) is 2.27. The van der Waals surface area contributed by atoms with Crippen LogP contribution in [0.1, 0.15) is 18.2 Å². The molecule has 8 heteroatoms. The molecule has 0 aromatic carbocycles. The van der Waals surface area contributed by atoms with Crippen LogP contribution in [0.25, 0.3) is 0 Å². The summed E-state index contributed by atoms with van der Waals surface area (Å²) in [4.78, 5) is 3.94. The van der Waals surface area contributed by atoms with Crippen LogP contribution >= 0.6 is 0 Å². The molecular weight excluding hydrogens is 225 g/mol. The number of aromatic nitrogens is 3. The first-order valence-electron chi connectivity index (χ1n) is 4.85. The maximum Gasteiger partial charge on any atom is 0.405 e. The molecule has 1 aromatic rings.